The van der Waals surface area contributed by atoms with Gasteiger partial charge in [-0.25, -0.2) is 0 Å². The van der Waals surface area contributed by atoms with E-state index in [1.165, 1.54) is 12.1 Å². The number of rotatable bonds is 4. The number of anilines is 1. The fraction of sp³-hybridized carbons (Fsp3) is 0.300. The van der Waals surface area contributed by atoms with Crippen LogP contribution in [0.25, 0.3) is 11.4 Å². The van der Waals surface area contributed by atoms with Crippen LogP contribution in [0.4, 0.5) is 18.9 Å². The molecule has 2 heterocycles. The third-order valence-corrected chi connectivity index (χ3v) is 4.86. The van der Waals surface area contributed by atoms with Crippen molar-refractivity contribution >= 4 is 5.69 Å². The number of nitrogens with zero attached hydrogens (tertiary/aromatic N) is 4. The van der Waals surface area contributed by atoms with Gasteiger partial charge in [0.25, 0.3) is 0 Å². The van der Waals surface area contributed by atoms with Gasteiger partial charge in [-0.3, -0.25) is 4.90 Å². The summed E-state index contributed by atoms with van der Waals surface area (Å²) in [4.78, 5) is 8.63. The molecule has 0 spiro atoms. The van der Waals surface area contributed by atoms with Gasteiger partial charge in [-0.05, 0) is 36.4 Å². The summed E-state index contributed by atoms with van der Waals surface area (Å²) in [5, 5.41) is 13.2. The minimum absolute atomic E-state index is 0.147. The van der Waals surface area contributed by atoms with E-state index < -0.39 is 11.7 Å². The fourth-order valence-corrected chi connectivity index (χ4v) is 3.29. The first-order valence-electron chi connectivity index (χ1n) is 9.15. The molecule has 1 aliphatic rings. The normalized spacial score (nSPS) is 15.6. The quantitative estimate of drug-likeness (QED) is 0.714. The van der Waals surface area contributed by atoms with E-state index in [1.54, 1.807) is 12.1 Å². The Labute approximate surface area is 165 Å². The highest BCUT2D eigenvalue weighted by Gasteiger charge is 2.31. The van der Waals surface area contributed by atoms with Gasteiger partial charge >= 0.3 is 6.18 Å². The van der Waals surface area contributed by atoms with Gasteiger partial charge in [0.05, 0.1) is 12.1 Å². The highest BCUT2D eigenvalue weighted by atomic mass is 19.4. The number of halogens is 3. The van der Waals surface area contributed by atoms with E-state index in [2.05, 4.69) is 19.9 Å². The second-order valence-electron chi connectivity index (χ2n) is 6.87. The lowest BCUT2D eigenvalue weighted by Gasteiger charge is -2.35. The van der Waals surface area contributed by atoms with Gasteiger partial charge in [0.15, 0.2) is 0 Å². The predicted octanol–water partition coefficient (Wildman–Crippen LogP) is 3.78. The van der Waals surface area contributed by atoms with Crippen molar-refractivity contribution in [3.63, 3.8) is 0 Å². The number of benzene rings is 2. The van der Waals surface area contributed by atoms with E-state index in [4.69, 9.17) is 4.52 Å². The van der Waals surface area contributed by atoms with Crippen LogP contribution in [0.15, 0.2) is 53.1 Å². The highest BCUT2D eigenvalue weighted by Crippen LogP contribution is 2.31. The molecule has 1 N–H and O–H groups in total. The zero-order chi connectivity index (χ0) is 20.4. The summed E-state index contributed by atoms with van der Waals surface area (Å²) in [5.74, 6) is 0.754. The van der Waals surface area contributed by atoms with Crippen LogP contribution in [-0.4, -0.2) is 46.3 Å². The molecule has 1 fully saturated rings. The monoisotopic (exact) mass is 404 g/mol. The van der Waals surface area contributed by atoms with E-state index in [9.17, 15) is 18.3 Å². The maximum absolute atomic E-state index is 12.9. The molecule has 3 aromatic rings. The molecule has 0 saturated carbocycles. The molecule has 1 aromatic heterocycles. The lowest BCUT2D eigenvalue weighted by Crippen LogP contribution is -2.46. The molecule has 0 unspecified atom stereocenters. The largest absolute Gasteiger partial charge is 0.508 e. The van der Waals surface area contributed by atoms with E-state index in [0.717, 1.165) is 44.0 Å². The van der Waals surface area contributed by atoms with Crippen molar-refractivity contribution in [3.05, 3.63) is 60.0 Å². The number of phenolic OH excluding ortho intramolecular Hbond substituents is 1. The van der Waals surface area contributed by atoms with Crippen LogP contribution in [0.3, 0.4) is 0 Å². The molecule has 0 amide bonds. The molecule has 2 aromatic carbocycles. The third kappa shape index (κ3) is 4.51. The minimum atomic E-state index is -4.42. The molecule has 152 valence electrons. The van der Waals surface area contributed by atoms with E-state index in [0.29, 0.717) is 12.4 Å². The lowest BCUT2D eigenvalue weighted by molar-refractivity contribution is -0.137. The maximum atomic E-state index is 12.9. The summed E-state index contributed by atoms with van der Waals surface area (Å²) < 4.78 is 43.9. The molecule has 1 aliphatic heterocycles. The van der Waals surface area contributed by atoms with E-state index in [-0.39, 0.29) is 17.1 Å². The minimum Gasteiger partial charge on any atom is -0.508 e. The first-order valence-corrected chi connectivity index (χ1v) is 9.15. The van der Waals surface area contributed by atoms with Gasteiger partial charge < -0.3 is 14.5 Å². The van der Waals surface area contributed by atoms with Crippen molar-refractivity contribution in [1.29, 1.82) is 0 Å². The van der Waals surface area contributed by atoms with Crippen LogP contribution in [-0.2, 0) is 12.7 Å². The van der Waals surface area contributed by atoms with Gasteiger partial charge in [-0.1, -0.05) is 17.3 Å². The summed E-state index contributed by atoms with van der Waals surface area (Å²) in [6.07, 6.45) is -4.42. The first-order chi connectivity index (χ1) is 13.9. The molecule has 1 saturated heterocycles. The number of piperazine rings is 1. The summed E-state index contributed by atoms with van der Waals surface area (Å²) >= 11 is 0. The Hall–Kier alpha value is -3.07. The Bertz CT molecular complexity index is 964. The number of aromatic hydroxyl groups is 1. The predicted molar refractivity (Wildman–Crippen MR) is 100 cm³/mol. The van der Waals surface area contributed by atoms with Crippen molar-refractivity contribution in [2.45, 2.75) is 12.7 Å². The van der Waals surface area contributed by atoms with E-state index in [1.807, 2.05) is 12.1 Å². The molecule has 0 aliphatic carbocycles. The number of hydrogen-bond acceptors (Lipinski definition) is 6. The molecule has 29 heavy (non-hydrogen) atoms. The fourth-order valence-electron chi connectivity index (χ4n) is 3.29. The maximum Gasteiger partial charge on any atom is 0.416 e. The molecule has 6 nitrogen and oxygen atoms in total. The summed E-state index contributed by atoms with van der Waals surface area (Å²) in [6.45, 7) is 3.61. The van der Waals surface area contributed by atoms with E-state index >= 15 is 0 Å². The summed E-state index contributed by atoms with van der Waals surface area (Å²) in [6, 6.07) is 12.0. The number of phenols is 1. The smallest absolute Gasteiger partial charge is 0.416 e. The van der Waals surface area contributed by atoms with Crippen molar-refractivity contribution in [1.82, 2.24) is 15.0 Å². The van der Waals surface area contributed by atoms with Crippen LogP contribution in [0.2, 0.25) is 0 Å². The summed E-state index contributed by atoms with van der Waals surface area (Å²) in [5.41, 5.74) is 0.575. The van der Waals surface area contributed by atoms with Crippen molar-refractivity contribution in [2.75, 3.05) is 31.1 Å². The lowest BCUT2D eigenvalue weighted by atomic mass is 10.1. The van der Waals surface area contributed by atoms with Gasteiger partial charge in [0.1, 0.15) is 5.75 Å². The van der Waals surface area contributed by atoms with Gasteiger partial charge in [-0.2, -0.15) is 18.2 Å². The van der Waals surface area contributed by atoms with Crippen LogP contribution in [0, 0.1) is 0 Å². The zero-order valence-electron chi connectivity index (χ0n) is 15.4. The number of aromatic nitrogens is 2. The van der Waals surface area contributed by atoms with Crippen LogP contribution in [0.5, 0.6) is 5.75 Å². The standard InChI is InChI=1S/C20H19F3N4O2/c21-20(22,23)15-3-1-2-14(12-15)19-24-18(29-25-19)13-26-8-10-27(11-9-26)16-4-6-17(28)7-5-16/h1-7,12,28H,8-11,13H2. The molecular formula is C20H19F3N4O2. The van der Waals surface area contributed by atoms with Crippen molar-refractivity contribution in [2.24, 2.45) is 0 Å². The highest BCUT2D eigenvalue weighted by molar-refractivity contribution is 5.55. The average molecular weight is 404 g/mol. The van der Waals surface area contributed by atoms with Crippen LogP contribution in [0.1, 0.15) is 11.5 Å². The van der Waals surface area contributed by atoms with Gasteiger partial charge in [0.2, 0.25) is 11.7 Å². The second kappa shape index (κ2) is 7.75. The molecular weight excluding hydrogens is 385 g/mol. The molecule has 9 heteroatoms. The zero-order valence-corrected chi connectivity index (χ0v) is 15.4. The topological polar surface area (TPSA) is 65.6 Å². The molecule has 0 radical (unpaired) electrons. The second-order valence-corrected chi connectivity index (χ2v) is 6.87. The Morgan fingerprint density at radius 2 is 1.72 bits per heavy atom. The average Bonchev–Trinajstić information content (AvgIpc) is 3.17. The molecule has 0 atom stereocenters. The Morgan fingerprint density at radius 3 is 2.41 bits per heavy atom. The van der Waals surface area contributed by atoms with Crippen LogP contribution < -0.4 is 4.90 Å². The third-order valence-electron chi connectivity index (χ3n) is 4.86. The number of hydrogen-bond donors (Lipinski definition) is 1. The molecule has 0 bridgehead atoms. The number of alkyl halides is 3. The Morgan fingerprint density at radius 1 is 1.00 bits per heavy atom. The van der Waals surface area contributed by atoms with Crippen molar-refractivity contribution < 1.29 is 22.8 Å². The van der Waals surface area contributed by atoms with Gasteiger partial charge in [0, 0.05) is 37.4 Å². The van der Waals surface area contributed by atoms with Gasteiger partial charge in [-0.15, -0.1) is 0 Å². The molecule has 4 rings (SSSR count). The summed E-state index contributed by atoms with van der Waals surface area (Å²) in [7, 11) is 0. The SMILES string of the molecule is Oc1ccc(N2CCN(Cc3nc(-c4cccc(C(F)(F)F)c4)no3)CC2)cc1. The Kier molecular flexibility index (Phi) is 5.14. The first kappa shape index (κ1) is 19.3. The van der Waals surface area contributed by atoms with Crippen molar-refractivity contribution in [3.8, 4) is 17.1 Å². The van der Waals surface area contributed by atoms with Crippen LogP contribution >= 0.6 is 0 Å². The Balaban J connectivity index is 1.37.